The predicted molar refractivity (Wildman–Crippen MR) is 68.7 cm³/mol. The van der Waals surface area contributed by atoms with Crippen LogP contribution in [0.25, 0.3) is 0 Å². The molecule has 0 N–H and O–H groups in total. The van der Waals surface area contributed by atoms with E-state index in [0.29, 0.717) is 0 Å². The molecule has 1 unspecified atom stereocenters. The minimum Gasteiger partial charge on any atom is -0.299 e. The summed E-state index contributed by atoms with van der Waals surface area (Å²) < 4.78 is 0. The Morgan fingerprint density at radius 2 is 2.12 bits per heavy atom. The van der Waals surface area contributed by atoms with Crippen molar-refractivity contribution in [3.8, 4) is 0 Å². The minimum absolute atomic E-state index is 0.807. The highest BCUT2D eigenvalue weighted by Crippen LogP contribution is 2.21. The third kappa shape index (κ3) is 2.67. The summed E-state index contributed by atoms with van der Waals surface area (Å²) in [6, 6.07) is 7.02. The largest absolute Gasteiger partial charge is 0.299 e. The lowest BCUT2D eigenvalue weighted by molar-refractivity contribution is 0.214. The molecule has 3 heteroatoms. The summed E-state index contributed by atoms with van der Waals surface area (Å²) in [4.78, 5) is 9.69. The van der Waals surface area contributed by atoms with E-state index in [-0.39, 0.29) is 0 Å². The fraction of sp³-hybridized carbons (Fsp3) is 0.643. The molecule has 1 atom stereocenters. The van der Waals surface area contributed by atoms with E-state index in [2.05, 4.69) is 26.9 Å². The van der Waals surface area contributed by atoms with Gasteiger partial charge in [0.2, 0.25) is 0 Å². The molecular weight excluding hydrogens is 210 g/mol. The molecule has 2 fully saturated rings. The highest BCUT2D eigenvalue weighted by atomic mass is 15.3. The Hall–Kier alpha value is -0.930. The van der Waals surface area contributed by atoms with Gasteiger partial charge in [-0.1, -0.05) is 6.07 Å². The van der Waals surface area contributed by atoms with Crippen LogP contribution in [0.1, 0.15) is 25.0 Å². The third-order valence-electron chi connectivity index (χ3n) is 4.00. The van der Waals surface area contributed by atoms with Crippen LogP contribution >= 0.6 is 0 Å². The summed E-state index contributed by atoms with van der Waals surface area (Å²) in [5.74, 6) is 0. The molecule has 3 heterocycles. The molecule has 0 saturated carbocycles. The second-order valence-electron chi connectivity index (χ2n) is 5.24. The van der Waals surface area contributed by atoms with Gasteiger partial charge in [-0.2, -0.15) is 0 Å². The van der Waals surface area contributed by atoms with Gasteiger partial charge in [0.15, 0.2) is 0 Å². The van der Waals surface area contributed by atoms with Gasteiger partial charge in [-0.25, -0.2) is 0 Å². The fourth-order valence-electron chi connectivity index (χ4n) is 3.15. The molecule has 0 aromatic carbocycles. The smallest absolute Gasteiger partial charge is 0.0543 e. The van der Waals surface area contributed by atoms with Crippen LogP contribution in [0.5, 0.6) is 0 Å². The van der Waals surface area contributed by atoms with Crippen molar-refractivity contribution in [3.05, 3.63) is 30.1 Å². The van der Waals surface area contributed by atoms with Crippen LogP contribution in [0, 0.1) is 0 Å². The van der Waals surface area contributed by atoms with Gasteiger partial charge in [-0.15, -0.1) is 0 Å². The molecule has 2 aliphatic heterocycles. The summed E-state index contributed by atoms with van der Waals surface area (Å²) in [6.45, 7) is 6.09. The molecule has 3 nitrogen and oxygen atoms in total. The Labute approximate surface area is 103 Å². The third-order valence-corrected chi connectivity index (χ3v) is 4.00. The molecule has 1 aromatic rings. The van der Waals surface area contributed by atoms with Crippen LogP contribution in [-0.4, -0.2) is 47.0 Å². The second kappa shape index (κ2) is 5.15. The lowest BCUT2D eigenvalue weighted by Crippen LogP contribution is -2.36. The molecule has 2 saturated heterocycles. The van der Waals surface area contributed by atoms with Crippen molar-refractivity contribution in [2.24, 2.45) is 0 Å². The number of rotatable bonds is 2. The van der Waals surface area contributed by atoms with Crippen LogP contribution in [0.3, 0.4) is 0 Å². The zero-order valence-electron chi connectivity index (χ0n) is 10.4. The van der Waals surface area contributed by atoms with Gasteiger partial charge in [-0.05, 0) is 51.0 Å². The van der Waals surface area contributed by atoms with E-state index in [1.54, 1.807) is 0 Å². The van der Waals surface area contributed by atoms with E-state index >= 15 is 0 Å². The number of hydrogen-bond donors (Lipinski definition) is 0. The average molecular weight is 231 g/mol. The van der Waals surface area contributed by atoms with Crippen molar-refractivity contribution in [2.45, 2.75) is 31.8 Å². The second-order valence-corrected chi connectivity index (χ2v) is 5.24. The molecule has 92 valence electrons. The quantitative estimate of drug-likeness (QED) is 0.773. The van der Waals surface area contributed by atoms with Gasteiger partial charge in [0.1, 0.15) is 0 Å². The van der Waals surface area contributed by atoms with Crippen molar-refractivity contribution in [1.82, 2.24) is 14.8 Å². The topological polar surface area (TPSA) is 19.4 Å². The zero-order valence-corrected chi connectivity index (χ0v) is 10.4. The highest BCUT2D eigenvalue weighted by molar-refractivity contribution is 5.03. The van der Waals surface area contributed by atoms with Crippen molar-refractivity contribution in [2.75, 3.05) is 26.2 Å². The van der Waals surface area contributed by atoms with Crippen molar-refractivity contribution in [3.63, 3.8) is 0 Å². The molecule has 2 aliphatic rings. The maximum atomic E-state index is 4.43. The van der Waals surface area contributed by atoms with Crippen LogP contribution in [-0.2, 0) is 6.54 Å². The van der Waals surface area contributed by atoms with Gasteiger partial charge < -0.3 is 0 Å². The van der Waals surface area contributed by atoms with Crippen molar-refractivity contribution < 1.29 is 0 Å². The fourth-order valence-corrected chi connectivity index (χ4v) is 3.15. The summed E-state index contributed by atoms with van der Waals surface area (Å²) in [6.07, 6.45) is 5.99. The van der Waals surface area contributed by atoms with Crippen LogP contribution < -0.4 is 0 Å². The number of aromatic nitrogens is 1. The van der Waals surface area contributed by atoms with Crippen molar-refractivity contribution in [1.29, 1.82) is 0 Å². The standard InChI is InChI=1S/C14H21N3/c1-2-7-15-13(5-1)11-16-8-4-10-17-9-3-6-14(17)12-16/h1-2,5,7,14H,3-4,6,8-12H2. The number of fused-ring (bicyclic) bond motifs is 1. The van der Waals surface area contributed by atoms with Gasteiger partial charge in [0, 0.05) is 25.3 Å². The summed E-state index contributed by atoms with van der Waals surface area (Å²) in [5.41, 5.74) is 1.21. The Kier molecular flexibility index (Phi) is 3.39. The first-order chi connectivity index (χ1) is 8.42. The van der Waals surface area contributed by atoms with Crippen LogP contribution in [0.2, 0.25) is 0 Å². The van der Waals surface area contributed by atoms with E-state index < -0.39 is 0 Å². The molecule has 17 heavy (non-hydrogen) atoms. The van der Waals surface area contributed by atoms with Gasteiger partial charge >= 0.3 is 0 Å². The lowest BCUT2D eigenvalue weighted by Gasteiger charge is -2.25. The number of nitrogens with zero attached hydrogens (tertiary/aromatic N) is 3. The SMILES string of the molecule is c1ccc(CN2CCCN3CCCC3C2)nc1. The molecule has 0 radical (unpaired) electrons. The Bertz CT molecular complexity index is 352. The first-order valence-corrected chi connectivity index (χ1v) is 6.78. The van der Waals surface area contributed by atoms with Gasteiger partial charge in [0.25, 0.3) is 0 Å². The molecule has 0 aliphatic carbocycles. The average Bonchev–Trinajstić information content (AvgIpc) is 2.70. The molecule has 0 spiro atoms. The van der Waals surface area contributed by atoms with E-state index in [0.717, 1.165) is 12.6 Å². The first-order valence-electron chi connectivity index (χ1n) is 6.78. The van der Waals surface area contributed by atoms with Crippen LogP contribution in [0.15, 0.2) is 24.4 Å². The van der Waals surface area contributed by atoms with E-state index in [9.17, 15) is 0 Å². The Morgan fingerprint density at radius 3 is 3.00 bits per heavy atom. The summed E-state index contributed by atoms with van der Waals surface area (Å²) >= 11 is 0. The Balaban J connectivity index is 1.63. The van der Waals surface area contributed by atoms with Gasteiger partial charge in [-0.3, -0.25) is 14.8 Å². The van der Waals surface area contributed by atoms with Crippen molar-refractivity contribution >= 4 is 0 Å². The molecule has 0 bridgehead atoms. The molecule has 0 amide bonds. The van der Waals surface area contributed by atoms with E-state index in [1.807, 2.05) is 12.3 Å². The minimum atomic E-state index is 0.807. The van der Waals surface area contributed by atoms with Gasteiger partial charge in [0.05, 0.1) is 5.69 Å². The summed E-state index contributed by atoms with van der Waals surface area (Å²) in [7, 11) is 0. The maximum Gasteiger partial charge on any atom is 0.0543 e. The monoisotopic (exact) mass is 231 g/mol. The Morgan fingerprint density at radius 1 is 1.18 bits per heavy atom. The molecule has 1 aromatic heterocycles. The maximum absolute atomic E-state index is 4.43. The normalized spacial score (nSPS) is 26.7. The highest BCUT2D eigenvalue weighted by Gasteiger charge is 2.28. The number of hydrogen-bond acceptors (Lipinski definition) is 3. The first kappa shape index (κ1) is 11.2. The van der Waals surface area contributed by atoms with E-state index in [1.165, 1.54) is 51.1 Å². The van der Waals surface area contributed by atoms with E-state index in [4.69, 9.17) is 0 Å². The predicted octanol–water partition coefficient (Wildman–Crippen LogP) is 1.75. The number of pyridine rings is 1. The summed E-state index contributed by atoms with van der Waals surface area (Å²) in [5, 5.41) is 0. The zero-order chi connectivity index (χ0) is 11.5. The lowest BCUT2D eigenvalue weighted by atomic mass is 10.2. The molecule has 3 rings (SSSR count). The molecular formula is C14H21N3. The van der Waals surface area contributed by atoms with Crippen LogP contribution in [0.4, 0.5) is 0 Å².